The maximum absolute atomic E-state index is 5.34. The molecular weight excluding hydrogens is 262 g/mol. The van der Waals surface area contributed by atoms with E-state index in [0.29, 0.717) is 5.82 Å². The molecule has 1 fully saturated rings. The Morgan fingerprint density at radius 3 is 2.38 bits per heavy atom. The maximum atomic E-state index is 5.34. The van der Waals surface area contributed by atoms with Crippen molar-refractivity contribution in [3.05, 3.63) is 54.2 Å². The minimum Gasteiger partial charge on any atom is -0.368 e. The predicted octanol–water partition coefficient (Wildman–Crippen LogP) is 1.69. The molecule has 110 valence electrons. The minimum absolute atomic E-state index is 0.696. The van der Waals surface area contributed by atoms with Crippen LogP contribution in [0.1, 0.15) is 5.56 Å². The third kappa shape index (κ3) is 3.51. The number of hydrazine groups is 1. The average Bonchev–Trinajstić information content (AvgIpc) is 2.57. The zero-order chi connectivity index (χ0) is 14.5. The fraction of sp³-hybridized carbons (Fsp3) is 0.312. The second-order valence-corrected chi connectivity index (χ2v) is 5.29. The monoisotopic (exact) mass is 283 g/mol. The number of pyridine rings is 1. The largest absolute Gasteiger partial charge is 0.368 e. The van der Waals surface area contributed by atoms with Crippen LogP contribution in [0.4, 0.5) is 11.5 Å². The summed E-state index contributed by atoms with van der Waals surface area (Å²) in [4.78, 5) is 9.13. The first kappa shape index (κ1) is 13.9. The van der Waals surface area contributed by atoms with Crippen molar-refractivity contribution in [3.8, 4) is 0 Å². The number of benzene rings is 1. The summed E-state index contributed by atoms with van der Waals surface area (Å²) in [6.07, 6.45) is 1.88. The number of nitrogens with zero attached hydrogens (tertiary/aromatic N) is 3. The molecule has 0 spiro atoms. The fourth-order valence-corrected chi connectivity index (χ4v) is 2.66. The maximum Gasteiger partial charge on any atom is 0.140 e. The van der Waals surface area contributed by atoms with Crippen LogP contribution in [0.25, 0.3) is 0 Å². The minimum atomic E-state index is 0.696. The van der Waals surface area contributed by atoms with Crippen LogP contribution in [0.15, 0.2) is 48.7 Å². The van der Waals surface area contributed by atoms with Crippen molar-refractivity contribution < 1.29 is 0 Å². The molecule has 2 aromatic rings. The number of hydrogen-bond donors (Lipinski definition) is 2. The molecule has 0 amide bonds. The first-order chi connectivity index (χ1) is 10.3. The summed E-state index contributed by atoms with van der Waals surface area (Å²) in [6.45, 7) is 5.24. The molecule has 2 heterocycles. The van der Waals surface area contributed by atoms with Gasteiger partial charge in [-0.3, -0.25) is 4.90 Å². The fourth-order valence-electron chi connectivity index (χ4n) is 2.66. The van der Waals surface area contributed by atoms with E-state index >= 15 is 0 Å². The second-order valence-electron chi connectivity index (χ2n) is 5.29. The Morgan fingerprint density at radius 2 is 1.76 bits per heavy atom. The summed E-state index contributed by atoms with van der Waals surface area (Å²) in [6, 6.07) is 14.6. The van der Waals surface area contributed by atoms with Crippen molar-refractivity contribution in [1.82, 2.24) is 9.88 Å². The van der Waals surface area contributed by atoms with Crippen LogP contribution >= 0.6 is 0 Å². The molecule has 0 unspecified atom stereocenters. The smallest absolute Gasteiger partial charge is 0.140 e. The van der Waals surface area contributed by atoms with Crippen molar-refractivity contribution in [3.63, 3.8) is 0 Å². The molecule has 0 radical (unpaired) electrons. The van der Waals surface area contributed by atoms with Crippen LogP contribution in [0, 0.1) is 0 Å². The number of rotatable bonds is 4. The number of hydrogen-bond acceptors (Lipinski definition) is 5. The Bertz CT molecular complexity index is 547. The van der Waals surface area contributed by atoms with E-state index in [2.05, 4.69) is 56.6 Å². The van der Waals surface area contributed by atoms with Gasteiger partial charge < -0.3 is 10.3 Å². The Balaban J connectivity index is 1.54. The number of nitrogens with two attached hydrogens (primary N) is 1. The standard InChI is InChI=1S/C16H21N5/c17-19-16-7-6-15(12-18-16)21-10-8-20(9-11-21)13-14-4-2-1-3-5-14/h1-7,12H,8-11,13,17H2,(H,18,19). The molecule has 0 saturated carbocycles. The van der Waals surface area contributed by atoms with Gasteiger partial charge in [-0.1, -0.05) is 30.3 Å². The molecule has 5 heteroatoms. The van der Waals surface area contributed by atoms with Gasteiger partial charge in [0.1, 0.15) is 5.82 Å². The summed E-state index contributed by atoms with van der Waals surface area (Å²) in [5, 5.41) is 0. The van der Waals surface area contributed by atoms with Crippen molar-refractivity contribution in [2.75, 3.05) is 36.5 Å². The van der Waals surface area contributed by atoms with E-state index in [0.717, 1.165) is 38.4 Å². The topological polar surface area (TPSA) is 57.4 Å². The zero-order valence-electron chi connectivity index (χ0n) is 12.1. The lowest BCUT2D eigenvalue weighted by atomic mass is 10.2. The summed E-state index contributed by atoms with van der Waals surface area (Å²) >= 11 is 0. The molecule has 5 nitrogen and oxygen atoms in total. The van der Waals surface area contributed by atoms with Crippen LogP contribution in [0.5, 0.6) is 0 Å². The summed E-state index contributed by atoms with van der Waals surface area (Å²) in [5.41, 5.74) is 5.09. The first-order valence-electron chi connectivity index (χ1n) is 7.29. The molecule has 1 aromatic carbocycles. The van der Waals surface area contributed by atoms with Crippen molar-refractivity contribution >= 4 is 11.5 Å². The molecule has 1 saturated heterocycles. The van der Waals surface area contributed by atoms with Crippen LogP contribution in [0.2, 0.25) is 0 Å². The SMILES string of the molecule is NNc1ccc(N2CCN(Cc3ccccc3)CC2)cn1. The first-order valence-corrected chi connectivity index (χ1v) is 7.29. The van der Waals surface area contributed by atoms with E-state index in [4.69, 9.17) is 5.84 Å². The highest BCUT2D eigenvalue weighted by atomic mass is 15.3. The molecule has 1 aliphatic heterocycles. The highest BCUT2D eigenvalue weighted by Gasteiger charge is 2.17. The van der Waals surface area contributed by atoms with Gasteiger partial charge in [0.05, 0.1) is 11.9 Å². The second kappa shape index (κ2) is 6.56. The Labute approximate surface area is 125 Å². The molecule has 1 aromatic heterocycles. The van der Waals surface area contributed by atoms with Gasteiger partial charge in [0, 0.05) is 32.7 Å². The normalized spacial score (nSPS) is 16.0. The van der Waals surface area contributed by atoms with E-state index in [1.54, 1.807) is 0 Å². The lowest BCUT2D eigenvalue weighted by Crippen LogP contribution is -2.46. The Hall–Kier alpha value is -2.11. The van der Waals surface area contributed by atoms with Gasteiger partial charge >= 0.3 is 0 Å². The predicted molar refractivity (Wildman–Crippen MR) is 86.0 cm³/mol. The van der Waals surface area contributed by atoms with Crippen molar-refractivity contribution in [2.24, 2.45) is 5.84 Å². The van der Waals surface area contributed by atoms with Crippen LogP contribution in [-0.2, 0) is 6.54 Å². The summed E-state index contributed by atoms with van der Waals surface area (Å²) < 4.78 is 0. The van der Waals surface area contributed by atoms with E-state index < -0.39 is 0 Å². The molecule has 0 atom stereocenters. The molecule has 0 aliphatic carbocycles. The van der Waals surface area contributed by atoms with Crippen molar-refractivity contribution in [1.29, 1.82) is 0 Å². The van der Waals surface area contributed by atoms with Gasteiger partial charge in [-0.2, -0.15) is 0 Å². The van der Waals surface area contributed by atoms with Gasteiger partial charge in [0.2, 0.25) is 0 Å². The molecular formula is C16H21N5. The molecule has 3 N–H and O–H groups in total. The highest BCUT2D eigenvalue weighted by Crippen LogP contribution is 2.17. The number of aromatic nitrogens is 1. The zero-order valence-corrected chi connectivity index (χ0v) is 12.1. The number of nitrogen functional groups attached to an aromatic ring is 1. The van der Waals surface area contributed by atoms with E-state index in [-0.39, 0.29) is 0 Å². The quantitative estimate of drug-likeness (QED) is 0.660. The third-order valence-corrected chi connectivity index (χ3v) is 3.88. The summed E-state index contributed by atoms with van der Waals surface area (Å²) in [5.74, 6) is 6.03. The molecule has 0 bridgehead atoms. The van der Waals surface area contributed by atoms with Crippen LogP contribution in [0.3, 0.4) is 0 Å². The average molecular weight is 283 g/mol. The van der Waals surface area contributed by atoms with Gasteiger partial charge in [-0.15, -0.1) is 0 Å². The highest BCUT2D eigenvalue weighted by molar-refractivity contribution is 5.49. The van der Waals surface area contributed by atoms with Gasteiger partial charge in [0.15, 0.2) is 0 Å². The Kier molecular flexibility index (Phi) is 4.33. The number of anilines is 2. The Morgan fingerprint density at radius 1 is 1.00 bits per heavy atom. The molecule has 21 heavy (non-hydrogen) atoms. The number of nitrogens with one attached hydrogen (secondary N) is 1. The van der Waals surface area contributed by atoms with E-state index in [1.165, 1.54) is 5.56 Å². The number of piperazine rings is 1. The lowest BCUT2D eigenvalue weighted by molar-refractivity contribution is 0.250. The van der Waals surface area contributed by atoms with Crippen LogP contribution < -0.4 is 16.2 Å². The molecule has 1 aliphatic rings. The van der Waals surface area contributed by atoms with Crippen molar-refractivity contribution in [2.45, 2.75) is 6.54 Å². The van der Waals surface area contributed by atoms with Crippen LogP contribution in [-0.4, -0.2) is 36.1 Å². The van der Waals surface area contributed by atoms with Gasteiger partial charge in [-0.05, 0) is 17.7 Å². The van der Waals surface area contributed by atoms with E-state index in [9.17, 15) is 0 Å². The summed E-state index contributed by atoms with van der Waals surface area (Å²) in [7, 11) is 0. The molecule has 3 rings (SSSR count). The third-order valence-electron chi connectivity index (χ3n) is 3.88. The van der Waals surface area contributed by atoms with Gasteiger partial charge in [0.25, 0.3) is 0 Å². The van der Waals surface area contributed by atoms with E-state index in [1.807, 2.05) is 12.3 Å². The lowest BCUT2D eigenvalue weighted by Gasteiger charge is -2.36. The van der Waals surface area contributed by atoms with Gasteiger partial charge in [-0.25, -0.2) is 10.8 Å².